The molecule has 6 heteroatoms. The van der Waals surface area contributed by atoms with Gasteiger partial charge in [-0.25, -0.2) is 4.98 Å². The number of pyridine rings is 1. The van der Waals surface area contributed by atoms with Crippen molar-refractivity contribution in [3.63, 3.8) is 0 Å². The molecule has 0 amide bonds. The number of nitrogens with zero attached hydrogens (tertiary/aromatic N) is 3. The smallest absolute Gasteiger partial charge is 0.225 e. The maximum Gasteiger partial charge on any atom is 0.225 e. The predicted octanol–water partition coefficient (Wildman–Crippen LogP) is 0.958. The molecule has 0 atom stereocenters. The molecule has 1 fully saturated rings. The number of oxime groups is 1. The number of aromatic nitrogens is 1. The minimum absolute atomic E-state index is 0.0235. The Morgan fingerprint density at radius 1 is 1.47 bits per heavy atom. The van der Waals surface area contributed by atoms with Gasteiger partial charge >= 0.3 is 0 Å². The zero-order chi connectivity index (χ0) is 13.8. The first-order valence-corrected chi connectivity index (χ1v) is 6.41. The van der Waals surface area contributed by atoms with Crippen molar-refractivity contribution in [3.8, 4) is 5.88 Å². The van der Waals surface area contributed by atoms with Crippen molar-refractivity contribution >= 4 is 5.84 Å². The Morgan fingerprint density at radius 3 is 2.79 bits per heavy atom. The van der Waals surface area contributed by atoms with E-state index in [-0.39, 0.29) is 11.9 Å². The lowest BCUT2D eigenvalue weighted by Crippen LogP contribution is -2.36. The Kier molecular flexibility index (Phi) is 4.21. The second-order valence-corrected chi connectivity index (χ2v) is 4.91. The highest BCUT2D eigenvalue weighted by atomic mass is 16.5. The van der Waals surface area contributed by atoms with E-state index in [1.54, 1.807) is 6.07 Å². The number of hydrogen-bond acceptors (Lipinski definition) is 5. The Balaban J connectivity index is 2.16. The highest BCUT2D eigenvalue weighted by Gasteiger charge is 2.20. The second-order valence-electron chi connectivity index (χ2n) is 4.91. The van der Waals surface area contributed by atoms with Crippen LogP contribution in [0.4, 0.5) is 0 Å². The minimum atomic E-state index is 0.0235. The third kappa shape index (κ3) is 3.35. The summed E-state index contributed by atoms with van der Waals surface area (Å²) < 4.78 is 5.93. The van der Waals surface area contributed by atoms with Gasteiger partial charge in [-0.1, -0.05) is 5.16 Å². The van der Waals surface area contributed by atoms with Crippen LogP contribution in [0.2, 0.25) is 0 Å². The van der Waals surface area contributed by atoms with E-state index in [9.17, 15) is 0 Å². The van der Waals surface area contributed by atoms with Crippen LogP contribution < -0.4 is 10.5 Å². The SMILES string of the molecule is Cc1ccc(C(N)=NO)c(OC2CCN(C)CC2)n1. The van der Waals surface area contributed by atoms with Crippen molar-refractivity contribution in [2.75, 3.05) is 20.1 Å². The summed E-state index contributed by atoms with van der Waals surface area (Å²) in [6.45, 7) is 3.91. The number of piperidine rings is 1. The van der Waals surface area contributed by atoms with Gasteiger partial charge in [-0.05, 0) is 38.9 Å². The van der Waals surface area contributed by atoms with E-state index in [0.717, 1.165) is 31.6 Å². The van der Waals surface area contributed by atoms with Crippen molar-refractivity contribution in [2.24, 2.45) is 10.9 Å². The molecule has 1 aliphatic heterocycles. The van der Waals surface area contributed by atoms with Gasteiger partial charge in [-0.3, -0.25) is 0 Å². The van der Waals surface area contributed by atoms with Gasteiger partial charge in [0.15, 0.2) is 5.84 Å². The van der Waals surface area contributed by atoms with Crippen LogP contribution in [0.1, 0.15) is 24.1 Å². The molecule has 6 nitrogen and oxygen atoms in total. The predicted molar refractivity (Wildman–Crippen MR) is 72.6 cm³/mol. The zero-order valence-corrected chi connectivity index (χ0v) is 11.3. The lowest BCUT2D eigenvalue weighted by Gasteiger charge is -2.29. The summed E-state index contributed by atoms with van der Waals surface area (Å²) in [4.78, 5) is 6.62. The highest BCUT2D eigenvalue weighted by Crippen LogP contribution is 2.21. The van der Waals surface area contributed by atoms with Gasteiger partial charge in [0, 0.05) is 18.8 Å². The van der Waals surface area contributed by atoms with Crippen LogP contribution in [0, 0.1) is 6.92 Å². The molecule has 2 heterocycles. The zero-order valence-electron chi connectivity index (χ0n) is 11.3. The lowest BCUT2D eigenvalue weighted by atomic mass is 10.1. The number of aryl methyl sites for hydroxylation is 1. The fraction of sp³-hybridized carbons (Fsp3) is 0.538. The van der Waals surface area contributed by atoms with E-state index in [2.05, 4.69) is 22.1 Å². The van der Waals surface area contributed by atoms with Gasteiger partial charge in [-0.2, -0.15) is 0 Å². The molecule has 0 saturated carbocycles. The number of likely N-dealkylation sites (tertiary alicyclic amines) is 1. The first kappa shape index (κ1) is 13.6. The van der Waals surface area contributed by atoms with Gasteiger partial charge < -0.3 is 20.6 Å². The average Bonchev–Trinajstić information content (AvgIpc) is 2.41. The summed E-state index contributed by atoms with van der Waals surface area (Å²) in [5, 5.41) is 11.8. The van der Waals surface area contributed by atoms with Crippen LogP contribution in [-0.2, 0) is 0 Å². The Bertz CT molecular complexity index is 468. The largest absolute Gasteiger partial charge is 0.474 e. The van der Waals surface area contributed by atoms with Crippen molar-refractivity contribution < 1.29 is 9.94 Å². The molecule has 1 saturated heterocycles. The summed E-state index contributed by atoms with van der Waals surface area (Å²) >= 11 is 0. The van der Waals surface area contributed by atoms with E-state index in [1.807, 2.05) is 13.0 Å². The minimum Gasteiger partial charge on any atom is -0.474 e. The molecule has 104 valence electrons. The van der Waals surface area contributed by atoms with Gasteiger partial charge in [0.1, 0.15) is 6.10 Å². The quantitative estimate of drug-likeness (QED) is 0.367. The van der Waals surface area contributed by atoms with E-state index >= 15 is 0 Å². The lowest BCUT2D eigenvalue weighted by molar-refractivity contribution is 0.109. The molecule has 1 aliphatic rings. The standard InChI is InChI=1S/C13H20N4O2/c1-9-3-4-11(12(14)16-18)13(15-9)19-10-5-7-17(2)8-6-10/h3-4,10,18H,5-8H2,1-2H3,(H2,14,16). The molecule has 3 N–H and O–H groups in total. The Hall–Kier alpha value is -1.82. The summed E-state index contributed by atoms with van der Waals surface area (Å²) in [6.07, 6.45) is 2.06. The third-order valence-electron chi connectivity index (χ3n) is 3.33. The van der Waals surface area contributed by atoms with Crippen molar-refractivity contribution in [1.29, 1.82) is 0 Å². The fourth-order valence-electron chi connectivity index (χ4n) is 2.13. The van der Waals surface area contributed by atoms with Gasteiger partial charge in [-0.15, -0.1) is 0 Å². The molecule has 0 aliphatic carbocycles. The molecule has 2 rings (SSSR count). The van der Waals surface area contributed by atoms with Crippen molar-refractivity contribution in [2.45, 2.75) is 25.9 Å². The van der Waals surface area contributed by atoms with Crippen molar-refractivity contribution in [3.05, 3.63) is 23.4 Å². The first-order chi connectivity index (χ1) is 9.10. The maximum atomic E-state index is 8.80. The second kappa shape index (κ2) is 5.88. The topological polar surface area (TPSA) is 84.0 Å². The monoisotopic (exact) mass is 264 g/mol. The Morgan fingerprint density at radius 2 is 2.16 bits per heavy atom. The third-order valence-corrected chi connectivity index (χ3v) is 3.33. The average molecular weight is 264 g/mol. The molecule has 0 spiro atoms. The van der Waals surface area contributed by atoms with E-state index in [1.165, 1.54) is 0 Å². The van der Waals surface area contributed by atoms with Crippen LogP contribution in [0.25, 0.3) is 0 Å². The molecule has 0 unspecified atom stereocenters. The number of ether oxygens (including phenoxy) is 1. The molecular formula is C13H20N4O2. The molecule has 1 aromatic rings. The normalized spacial score (nSPS) is 18.5. The van der Waals surface area contributed by atoms with Crippen molar-refractivity contribution in [1.82, 2.24) is 9.88 Å². The summed E-state index contributed by atoms with van der Waals surface area (Å²) in [6, 6.07) is 3.58. The van der Waals surface area contributed by atoms with Gasteiger partial charge in [0.2, 0.25) is 5.88 Å². The van der Waals surface area contributed by atoms with Crippen LogP contribution in [0.15, 0.2) is 17.3 Å². The van der Waals surface area contributed by atoms with E-state index < -0.39 is 0 Å². The maximum absolute atomic E-state index is 8.80. The van der Waals surface area contributed by atoms with E-state index in [4.69, 9.17) is 15.7 Å². The summed E-state index contributed by atoms with van der Waals surface area (Å²) in [5.74, 6) is 0.472. The van der Waals surface area contributed by atoms with Crippen LogP contribution in [0.5, 0.6) is 5.88 Å². The molecule has 0 radical (unpaired) electrons. The van der Waals surface area contributed by atoms with Crippen LogP contribution >= 0.6 is 0 Å². The number of nitrogens with two attached hydrogens (primary N) is 1. The van der Waals surface area contributed by atoms with Crippen LogP contribution in [-0.4, -0.2) is 47.2 Å². The first-order valence-electron chi connectivity index (χ1n) is 6.41. The fourth-order valence-corrected chi connectivity index (χ4v) is 2.13. The highest BCUT2D eigenvalue weighted by molar-refractivity contribution is 5.99. The Labute approximate surface area is 112 Å². The molecular weight excluding hydrogens is 244 g/mol. The number of hydrogen-bond donors (Lipinski definition) is 2. The molecule has 19 heavy (non-hydrogen) atoms. The molecule has 1 aromatic heterocycles. The number of rotatable bonds is 3. The van der Waals surface area contributed by atoms with E-state index in [0.29, 0.717) is 11.4 Å². The summed E-state index contributed by atoms with van der Waals surface area (Å²) in [5.41, 5.74) is 7.02. The van der Waals surface area contributed by atoms with Gasteiger partial charge in [0.25, 0.3) is 0 Å². The number of amidine groups is 1. The summed E-state index contributed by atoms with van der Waals surface area (Å²) in [7, 11) is 2.10. The molecule has 0 aromatic carbocycles. The van der Waals surface area contributed by atoms with Gasteiger partial charge in [0.05, 0.1) is 5.56 Å². The van der Waals surface area contributed by atoms with Crippen LogP contribution in [0.3, 0.4) is 0 Å². The molecule has 0 bridgehead atoms.